The number of amides is 2. The van der Waals surface area contributed by atoms with E-state index in [0.717, 1.165) is 18.7 Å². The normalized spacial score (nSPS) is 24.3. The molecule has 2 aliphatic heterocycles. The molecular weight excluding hydrogens is 373 g/mol. The summed E-state index contributed by atoms with van der Waals surface area (Å²) < 4.78 is 19.3. The van der Waals surface area contributed by atoms with Crippen LogP contribution in [0.4, 0.5) is 9.18 Å². The van der Waals surface area contributed by atoms with Crippen LogP contribution in [0.1, 0.15) is 43.1 Å². The van der Waals surface area contributed by atoms with Gasteiger partial charge in [-0.3, -0.25) is 4.90 Å². The Morgan fingerprint density at radius 2 is 2.10 bits per heavy atom. The number of hydrogen-bond donors (Lipinski definition) is 0. The lowest BCUT2D eigenvalue weighted by atomic mass is 9.89. The Labute approximate surface area is 170 Å². The SMILES string of the molecule is CC(C)c1nc(CN2C[C@@H]3CN(C(=O)N(C)C)[C@H](c4cccc(F)c4)[C@@H]3C2)no1. The lowest BCUT2D eigenvalue weighted by Crippen LogP contribution is -2.41. The highest BCUT2D eigenvalue weighted by Crippen LogP contribution is 2.45. The number of rotatable bonds is 4. The summed E-state index contributed by atoms with van der Waals surface area (Å²) in [6, 6.07) is 6.47. The molecule has 0 radical (unpaired) electrons. The van der Waals surface area contributed by atoms with Gasteiger partial charge in [0.15, 0.2) is 5.82 Å². The van der Waals surface area contributed by atoms with Crippen molar-refractivity contribution in [3.05, 3.63) is 47.4 Å². The molecule has 1 aromatic carbocycles. The van der Waals surface area contributed by atoms with E-state index >= 15 is 0 Å². The van der Waals surface area contributed by atoms with Crippen LogP contribution in [-0.4, -0.2) is 64.6 Å². The summed E-state index contributed by atoms with van der Waals surface area (Å²) in [5, 5.41) is 4.10. The molecule has 0 N–H and O–H groups in total. The van der Waals surface area contributed by atoms with E-state index in [-0.39, 0.29) is 29.7 Å². The van der Waals surface area contributed by atoms with Crippen LogP contribution in [0.3, 0.4) is 0 Å². The van der Waals surface area contributed by atoms with Gasteiger partial charge in [0.1, 0.15) is 5.82 Å². The first-order valence-corrected chi connectivity index (χ1v) is 10.1. The van der Waals surface area contributed by atoms with Gasteiger partial charge in [-0.15, -0.1) is 0 Å². The zero-order chi connectivity index (χ0) is 20.7. The maximum Gasteiger partial charge on any atom is 0.320 e. The highest BCUT2D eigenvalue weighted by atomic mass is 19.1. The molecule has 0 unspecified atom stereocenters. The quantitative estimate of drug-likeness (QED) is 0.788. The monoisotopic (exact) mass is 401 g/mol. The van der Waals surface area contributed by atoms with Crippen molar-refractivity contribution in [2.45, 2.75) is 32.4 Å². The fourth-order valence-electron chi connectivity index (χ4n) is 4.60. The van der Waals surface area contributed by atoms with Gasteiger partial charge in [0, 0.05) is 45.6 Å². The van der Waals surface area contributed by atoms with E-state index in [0.29, 0.717) is 30.7 Å². The molecule has 2 saturated heterocycles. The lowest BCUT2D eigenvalue weighted by Gasteiger charge is -2.31. The topological polar surface area (TPSA) is 65.7 Å². The molecule has 0 spiro atoms. The minimum atomic E-state index is -0.272. The standard InChI is InChI=1S/C21H28FN5O2/c1-13(2)20-23-18(24-29-20)12-26-9-15-10-27(21(28)25(3)4)19(17(15)11-26)14-6-5-7-16(22)8-14/h5-8,13,15,17,19H,9-12H2,1-4H3/t15-,17-,19-/m1/s1. The molecule has 0 aliphatic carbocycles. The van der Waals surface area contributed by atoms with Gasteiger partial charge in [-0.25, -0.2) is 9.18 Å². The predicted octanol–water partition coefficient (Wildman–Crippen LogP) is 3.12. The zero-order valence-corrected chi connectivity index (χ0v) is 17.4. The Hall–Kier alpha value is -2.48. The lowest BCUT2D eigenvalue weighted by molar-refractivity contribution is 0.151. The summed E-state index contributed by atoms with van der Waals surface area (Å²) in [4.78, 5) is 23.1. The molecule has 2 fully saturated rings. The third-order valence-corrected chi connectivity index (χ3v) is 5.90. The number of fused-ring (bicyclic) bond motifs is 1. The van der Waals surface area contributed by atoms with Crippen molar-refractivity contribution in [2.24, 2.45) is 11.8 Å². The fourth-order valence-corrected chi connectivity index (χ4v) is 4.60. The van der Waals surface area contributed by atoms with Gasteiger partial charge in [0.05, 0.1) is 12.6 Å². The third kappa shape index (κ3) is 3.85. The smallest absolute Gasteiger partial charge is 0.320 e. The molecule has 7 nitrogen and oxygen atoms in total. The van der Waals surface area contributed by atoms with Crippen LogP contribution < -0.4 is 0 Å². The fraction of sp³-hybridized carbons (Fsp3) is 0.571. The molecule has 1 aromatic heterocycles. The second-order valence-corrected chi connectivity index (χ2v) is 8.65. The number of nitrogens with zero attached hydrogens (tertiary/aromatic N) is 5. The van der Waals surface area contributed by atoms with E-state index in [1.807, 2.05) is 24.8 Å². The van der Waals surface area contributed by atoms with Gasteiger partial charge in [-0.2, -0.15) is 4.98 Å². The second-order valence-electron chi connectivity index (χ2n) is 8.65. The van der Waals surface area contributed by atoms with Gasteiger partial charge in [0.2, 0.25) is 5.89 Å². The first-order chi connectivity index (χ1) is 13.8. The maximum absolute atomic E-state index is 13.9. The molecule has 2 aromatic rings. The molecule has 0 bridgehead atoms. The number of aromatic nitrogens is 2. The minimum absolute atomic E-state index is 0.0278. The van der Waals surface area contributed by atoms with Crippen LogP contribution >= 0.6 is 0 Å². The maximum atomic E-state index is 13.9. The van der Waals surface area contributed by atoms with Gasteiger partial charge in [-0.05, 0) is 23.6 Å². The molecular formula is C21H28FN5O2. The largest absolute Gasteiger partial charge is 0.339 e. The Bertz CT molecular complexity index is 883. The van der Waals surface area contributed by atoms with Crippen molar-refractivity contribution < 1.29 is 13.7 Å². The average molecular weight is 401 g/mol. The van der Waals surface area contributed by atoms with Crippen LogP contribution in [-0.2, 0) is 6.54 Å². The first-order valence-electron chi connectivity index (χ1n) is 10.1. The van der Waals surface area contributed by atoms with Crippen LogP contribution in [0.5, 0.6) is 0 Å². The van der Waals surface area contributed by atoms with Crippen LogP contribution in [0.2, 0.25) is 0 Å². The summed E-state index contributed by atoms with van der Waals surface area (Å²) in [5.41, 5.74) is 0.858. The van der Waals surface area contributed by atoms with E-state index in [2.05, 4.69) is 15.0 Å². The average Bonchev–Trinajstić information content (AvgIpc) is 3.35. The molecule has 156 valence electrons. The molecule has 29 heavy (non-hydrogen) atoms. The summed E-state index contributed by atoms with van der Waals surface area (Å²) in [6.45, 7) is 7.02. The molecule has 4 rings (SSSR count). The second kappa shape index (κ2) is 7.74. The van der Waals surface area contributed by atoms with Crippen molar-refractivity contribution in [1.29, 1.82) is 0 Å². The molecule has 3 heterocycles. The van der Waals surface area contributed by atoms with E-state index in [9.17, 15) is 9.18 Å². The van der Waals surface area contributed by atoms with E-state index < -0.39 is 0 Å². The van der Waals surface area contributed by atoms with Crippen LogP contribution in [0.25, 0.3) is 0 Å². The Kier molecular flexibility index (Phi) is 5.29. The van der Waals surface area contributed by atoms with Gasteiger partial charge in [-0.1, -0.05) is 31.1 Å². The highest BCUT2D eigenvalue weighted by Gasteiger charge is 2.49. The number of hydrogen-bond acceptors (Lipinski definition) is 5. The van der Waals surface area contributed by atoms with Crippen LogP contribution in [0, 0.1) is 17.7 Å². The number of likely N-dealkylation sites (tertiary alicyclic amines) is 2. The number of benzene rings is 1. The van der Waals surface area contributed by atoms with Crippen molar-refractivity contribution >= 4 is 6.03 Å². The van der Waals surface area contributed by atoms with E-state index in [1.54, 1.807) is 31.1 Å². The summed E-state index contributed by atoms with van der Waals surface area (Å²) >= 11 is 0. The molecule has 2 aliphatic rings. The van der Waals surface area contributed by atoms with Crippen molar-refractivity contribution in [3.8, 4) is 0 Å². The molecule has 3 atom stereocenters. The summed E-state index contributed by atoms with van der Waals surface area (Å²) in [7, 11) is 3.52. The zero-order valence-electron chi connectivity index (χ0n) is 17.4. The molecule has 2 amide bonds. The number of halogens is 1. The van der Waals surface area contributed by atoms with Crippen molar-refractivity contribution in [3.63, 3.8) is 0 Å². The van der Waals surface area contributed by atoms with Crippen LogP contribution in [0.15, 0.2) is 28.8 Å². The molecule has 0 saturated carbocycles. The van der Waals surface area contributed by atoms with Crippen molar-refractivity contribution in [1.82, 2.24) is 24.8 Å². The summed E-state index contributed by atoms with van der Waals surface area (Å²) in [6.07, 6.45) is 0. The predicted molar refractivity (Wildman–Crippen MR) is 106 cm³/mol. The van der Waals surface area contributed by atoms with Gasteiger partial charge < -0.3 is 14.3 Å². The highest BCUT2D eigenvalue weighted by molar-refractivity contribution is 5.75. The molecule has 8 heteroatoms. The van der Waals surface area contributed by atoms with Gasteiger partial charge in [0.25, 0.3) is 0 Å². The number of urea groups is 1. The first kappa shape index (κ1) is 19.8. The van der Waals surface area contributed by atoms with E-state index in [1.165, 1.54) is 6.07 Å². The third-order valence-electron chi connectivity index (χ3n) is 5.90. The Morgan fingerprint density at radius 3 is 2.76 bits per heavy atom. The Balaban J connectivity index is 1.54. The van der Waals surface area contributed by atoms with E-state index in [4.69, 9.17) is 4.52 Å². The van der Waals surface area contributed by atoms with Gasteiger partial charge >= 0.3 is 6.03 Å². The Morgan fingerprint density at radius 1 is 1.31 bits per heavy atom. The van der Waals surface area contributed by atoms with Crippen molar-refractivity contribution in [2.75, 3.05) is 33.7 Å². The number of carbonyl (C=O) groups excluding carboxylic acids is 1. The summed E-state index contributed by atoms with van der Waals surface area (Å²) in [5.74, 6) is 1.86. The number of carbonyl (C=O) groups is 1. The minimum Gasteiger partial charge on any atom is -0.339 e.